The van der Waals surface area contributed by atoms with Crippen molar-refractivity contribution in [3.63, 3.8) is 0 Å². The normalized spacial score (nSPS) is 10.3. The highest BCUT2D eigenvalue weighted by Gasteiger charge is 1.94. The van der Waals surface area contributed by atoms with Crippen molar-refractivity contribution in [3.8, 4) is 12.1 Å². The fourth-order valence-electron chi connectivity index (χ4n) is 0.400. The summed E-state index contributed by atoms with van der Waals surface area (Å²) in [4.78, 5) is 0.435. The first-order chi connectivity index (χ1) is 5.35. The molecule has 0 spiro atoms. The molecule has 0 heterocycles. The van der Waals surface area contributed by atoms with Crippen molar-refractivity contribution in [2.75, 3.05) is 19.5 Å². The molecule has 3 nitrogen and oxygen atoms in total. The van der Waals surface area contributed by atoms with E-state index in [1.807, 2.05) is 6.07 Å². The van der Waals surface area contributed by atoms with Gasteiger partial charge in [0.15, 0.2) is 0 Å². The molecule has 0 N–H and O–H groups in total. The van der Waals surface area contributed by atoms with Gasteiger partial charge in [0.2, 0.25) is 0 Å². The molecule has 0 radical (unpaired) electrons. The molecule has 0 rings (SSSR count). The van der Waals surface area contributed by atoms with Crippen molar-refractivity contribution >= 4 is 11.8 Å². The highest BCUT2D eigenvalue weighted by atomic mass is 32.2. The maximum atomic E-state index is 8.43. The van der Waals surface area contributed by atoms with Gasteiger partial charge < -0.3 is 4.74 Å². The molecule has 0 aromatic heterocycles. The van der Waals surface area contributed by atoms with Crippen LogP contribution in [0, 0.1) is 22.7 Å². The van der Waals surface area contributed by atoms with E-state index in [9.17, 15) is 0 Å². The van der Waals surface area contributed by atoms with Gasteiger partial charge >= 0.3 is 0 Å². The van der Waals surface area contributed by atoms with E-state index in [1.165, 1.54) is 17.8 Å². The Labute approximate surface area is 70.3 Å². The number of thioether (sulfide) groups is 1. The zero-order valence-corrected chi connectivity index (χ0v) is 7.02. The number of rotatable bonds is 4. The number of hydrogen-bond acceptors (Lipinski definition) is 4. The molecule has 0 saturated carbocycles. The van der Waals surface area contributed by atoms with Gasteiger partial charge in [0.1, 0.15) is 6.07 Å². The van der Waals surface area contributed by atoms with E-state index in [1.54, 1.807) is 13.2 Å². The van der Waals surface area contributed by atoms with E-state index in [0.29, 0.717) is 17.3 Å². The SMILES string of the molecule is COCCSC(C#N)=CC#N. The van der Waals surface area contributed by atoms with Gasteiger partial charge in [-0.25, -0.2) is 0 Å². The van der Waals surface area contributed by atoms with Crippen LogP contribution in [-0.4, -0.2) is 19.5 Å². The van der Waals surface area contributed by atoms with Crippen molar-refractivity contribution in [2.24, 2.45) is 0 Å². The lowest BCUT2D eigenvalue weighted by molar-refractivity contribution is 0.219. The Morgan fingerprint density at radius 1 is 1.64 bits per heavy atom. The van der Waals surface area contributed by atoms with Crippen molar-refractivity contribution in [1.29, 1.82) is 10.5 Å². The van der Waals surface area contributed by atoms with Crippen LogP contribution in [0.25, 0.3) is 0 Å². The van der Waals surface area contributed by atoms with Crippen LogP contribution in [0.1, 0.15) is 0 Å². The van der Waals surface area contributed by atoms with Crippen molar-refractivity contribution in [1.82, 2.24) is 0 Å². The summed E-state index contributed by atoms with van der Waals surface area (Å²) < 4.78 is 4.77. The summed E-state index contributed by atoms with van der Waals surface area (Å²) in [6.07, 6.45) is 1.24. The predicted octanol–water partition coefficient (Wildman–Crippen LogP) is 1.30. The third-order valence-corrected chi connectivity index (χ3v) is 1.74. The lowest BCUT2D eigenvalue weighted by atomic mass is 10.5. The van der Waals surface area contributed by atoms with E-state index in [4.69, 9.17) is 15.3 Å². The number of allylic oxidation sites excluding steroid dienone is 2. The second kappa shape index (κ2) is 7.14. The van der Waals surface area contributed by atoms with E-state index >= 15 is 0 Å². The summed E-state index contributed by atoms with van der Waals surface area (Å²) in [7, 11) is 1.60. The van der Waals surface area contributed by atoms with Gasteiger partial charge in [-0.15, -0.1) is 11.8 Å². The standard InChI is InChI=1S/C7H8N2OS/c1-10-4-5-11-7(6-9)2-3-8/h2H,4-5H2,1H3. The van der Waals surface area contributed by atoms with Gasteiger partial charge in [-0.05, 0) is 0 Å². The highest BCUT2D eigenvalue weighted by Crippen LogP contribution is 2.12. The van der Waals surface area contributed by atoms with E-state index in [2.05, 4.69) is 0 Å². The molecule has 0 aliphatic heterocycles. The second-order valence-electron chi connectivity index (χ2n) is 1.59. The van der Waals surface area contributed by atoms with Crippen molar-refractivity contribution < 1.29 is 4.74 Å². The van der Waals surface area contributed by atoms with E-state index in [0.717, 1.165) is 0 Å². The average molecular weight is 168 g/mol. The molecular formula is C7H8N2OS. The molecule has 0 fully saturated rings. The van der Waals surface area contributed by atoms with Crippen molar-refractivity contribution in [3.05, 3.63) is 11.0 Å². The molecule has 0 amide bonds. The van der Waals surface area contributed by atoms with Crippen LogP contribution < -0.4 is 0 Å². The number of nitriles is 2. The van der Waals surface area contributed by atoms with Crippen LogP contribution in [0.3, 0.4) is 0 Å². The van der Waals surface area contributed by atoms with Gasteiger partial charge in [0, 0.05) is 18.9 Å². The number of methoxy groups -OCH3 is 1. The first-order valence-corrected chi connectivity index (χ1v) is 3.95. The third kappa shape index (κ3) is 5.47. The Kier molecular flexibility index (Phi) is 6.51. The summed E-state index contributed by atoms with van der Waals surface area (Å²) in [5.41, 5.74) is 0. The summed E-state index contributed by atoms with van der Waals surface area (Å²) in [5.74, 6) is 0.706. The lowest BCUT2D eigenvalue weighted by Crippen LogP contribution is -1.91. The summed E-state index contributed by atoms with van der Waals surface area (Å²) in [6.45, 7) is 0.592. The molecule has 0 aromatic rings. The summed E-state index contributed by atoms with van der Waals surface area (Å²) >= 11 is 1.32. The minimum Gasteiger partial charge on any atom is -0.384 e. The maximum Gasteiger partial charge on any atom is 0.107 e. The topological polar surface area (TPSA) is 56.8 Å². The number of hydrogen-bond donors (Lipinski definition) is 0. The van der Waals surface area contributed by atoms with Crippen LogP contribution in [0.2, 0.25) is 0 Å². The van der Waals surface area contributed by atoms with Gasteiger partial charge in [-0.3, -0.25) is 0 Å². The Bertz CT molecular complexity index is 211. The van der Waals surface area contributed by atoms with Crippen LogP contribution >= 0.6 is 11.8 Å². The molecule has 58 valence electrons. The summed E-state index contributed by atoms with van der Waals surface area (Å²) in [5, 5.41) is 16.6. The summed E-state index contributed by atoms with van der Waals surface area (Å²) in [6, 6.07) is 3.71. The predicted molar refractivity (Wildman–Crippen MR) is 43.6 cm³/mol. The minimum atomic E-state index is 0.435. The first kappa shape index (κ1) is 10.0. The third-order valence-electron chi connectivity index (χ3n) is 0.851. The van der Waals surface area contributed by atoms with Crippen molar-refractivity contribution in [2.45, 2.75) is 0 Å². The zero-order chi connectivity index (χ0) is 8.53. The molecule has 0 atom stereocenters. The Balaban J connectivity index is 3.66. The lowest BCUT2D eigenvalue weighted by Gasteiger charge is -1.95. The van der Waals surface area contributed by atoms with Crippen LogP contribution in [0.4, 0.5) is 0 Å². The highest BCUT2D eigenvalue weighted by molar-refractivity contribution is 8.03. The largest absolute Gasteiger partial charge is 0.384 e. The van der Waals surface area contributed by atoms with Gasteiger partial charge in [0.25, 0.3) is 0 Å². The number of nitrogens with zero attached hydrogens (tertiary/aromatic N) is 2. The van der Waals surface area contributed by atoms with Crippen LogP contribution in [-0.2, 0) is 4.74 Å². The van der Waals surface area contributed by atoms with Crippen LogP contribution in [0.15, 0.2) is 11.0 Å². The smallest absolute Gasteiger partial charge is 0.107 e. The van der Waals surface area contributed by atoms with E-state index in [-0.39, 0.29) is 0 Å². The minimum absolute atomic E-state index is 0.435. The van der Waals surface area contributed by atoms with Gasteiger partial charge in [-0.2, -0.15) is 10.5 Å². The Hall–Kier alpha value is -0.970. The Morgan fingerprint density at radius 2 is 2.36 bits per heavy atom. The second-order valence-corrected chi connectivity index (χ2v) is 2.73. The molecule has 0 saturated heterocycles. The van der Waals surface area contributed by atoms with Crippen LogP contribution in [0.5, 0.6) is 0 Å². The molecular weight excluding hydrogens is 160 g/mol. The zero-order valence-electron chi connectivity index (χ0n) is 6.20. The molecule has 0 unspecified atom stereocenters. The molecule has 0 aromatic carbocycles. The average Bonchev–Trinajstić information content (AvgIpc) is 2.03. The maximum absolute atomic E-state index is 8.43. The fourth-order valence-corrected chi connectivity index (χ4v) is 1.07. The van der Waals surface area contributed by atoms with Gasteiger partial charge in [-0.1, -0.05) is 0 Å². The molecule has 0 aliphatic rings. The quantitative estimate of drug-likeness (QED) is 0.469. The van der Waals surface area contributed by atoms with Gasteiger partial charge in [0.05, 0.1) is 17.6 Å². The molecule has 11 heavy (non-hydrogen) atoms. The monoisotopic (exact) mass is 168 g/mol. The number of ether oxygens (including phenoxy) is 1. The molecule has 4 heteroatoms. The Morgan fingerprint density at radius 3 is 2.82 bits per heavy atom. The fraction of sp³-hybridized carbons (Fsp3) is 0.429. The molecule has 0 aliphatic carbocycles. The van der Waals surface area contributed by atoms with E-state index < -0.39 is 0 Å². The molecule has 0 bridgehead atoms. The first-order valence-electron chi connectivity index (χ1n) is 2.96.